The molecule has 0 atom stereocenters. The number of fused-ring (bicyclic) bond motifs is 4. The Balaban J connectivity index is 1.05. The minimum atomic E-state index is 1.09. The van der Waals surface area contributed by atoms with E-state index in [1.807, 2.05) is 0 Å². The van der Waals surface area contributed by atoms with E-state index in [1.165, 1.54) is 71.5 Å². The van der Waals surface area contributed by atoms with Crippen LogP contribution >= 0.6 is 0 Å². The summed E-state index contributed by atoms with van der Waals surface area (Å²) in [6.45, 7) is 0. The summed E-state index contributed by atoms with van der Waals surface area (Å²) in [4.78, 5) is 2.42. The quantitative estimate of drug-likeness (QED) is 0.150. The van der Waals surface area contributed by atoms with Crippen LogP contribution in [-0.4, -0.2) is 4.57 Å². The van der Waals surface area contributed by atoms with Gasteiger partial charge in [-0.05, 0) is 104 Å². The van der Waals surface area contributed by atoms with Gasteiger partial charge in [-0.3, -0.25) is 0 Å². The summed E-state index contributed by atoms with van der Waals surface area (Å²) in [7, 11) is 0. The molecule has 0 aliphatic heterocycles. The SMILES string of the molecule is c1ccc(-c2cccc(N(c3ccc(-c4ccc(-c5cccc6ccccc56)cc4)cc3)c3ccccc3-c3cccc4c3c3ccccc3n4-c3ccccc3)c2)cc1. The van der Waals surface area contributed by atoms with Crippen molar-refractivity contribution in [3.05, 3.63) is 243 Å². The molecule has 10 aromatic carbocycles. The Morgan fingerprint density at radius 1 is 0.300 bits per heavy atom. The van der Waals surface area contributed by atoms with Crippen LogP contribution in [0.15, 0.2) is 243 Å². The fraction of sp³-hybridized carbons (Fsp3) is 0. The molecule has 0 saturated heterocycles. The fourth-order valence-corrected chi connectivity index (χ4v) is 9.00. The molecule has 2 heteroatoms. The summed E-state index contributed by atoms with van der Waals surface area (Å²) in [5.41, 5.74) is 16.4. The number of aromatic nitrogens is 1. The van der Waals surface area contributed by atoms with E-state index in [2.05, 4.69) is 252 Å². The highest BCUT2D eigenvalue weighted by molar-refractivity contribution is 6.17. The third kappa shape index (κ3) is 6.23. The zero-order valence-corrected chi connectivity index (χ0v) is 33.0. The van der Waals surface area contributed by atoms with Gasteiger partial charge in [0.25, 0.3) is 0 Å². The van der Waals surface area contributed by atoms with Crippen LogP contribution < -0.4 is 4.90 Å². The lowest BCUT2D eigenvalue weighted by atomic mass is 9.95. The standard InChI is InChI=1S/C58H40N2/c1-3-16-41(17-4-1)46-20-13-23-49(40-46)59(48-38-36-43(37-39-48)42-32-34-45(35-33-42)51-27-14-19-44-18-7-8-24-50(44)51)55-29-11-9-25-52(55)53-28-15-31-57-58(53)54-26-10-12-30-56(54)60(57)47-21-5-2-6-22-47/h1-40H. The van der Waals surface area contributed by atoms with E-state index >= 15 is 0 Å². The van der Waals surface area contributed by atoms with Crippen LogP contribution in [0.25, 0.3) is 82.8 Å². The predicted octanol–water partition coefficient (Wildman–Crippen LogP) is 16.1. The van der Waals surface area contributed by atoms with Crippen molar-refractivity contribution in [3.63, 3.8) is 0 Å². The van der Waals surface area contributed by atoms with Gasteiger partial charge in [-0.2, -0.15) is 0 Å². The number of rotatable bonds is 8. The van der Waals surface area contributed by atoms with Crippen LogP contribution in [0.5, 0.6) is 0 Å². The Morgan fingerprint density at radius 3 is 1.65 bits per heavy atom. The molecule has 0 aliphatic carbocycles. The summed E-state index contributed by atoms with van der Waals surface area (Å²) in [6.07, 6.45) is 0. The first-order chi connectivity index (χ1) is 29.8. The van der Waals surface area contributed by atoms with E-state index in [1.54, 1.807) is 0 Å². The molecular formula is C58H40N2. The Bertz CT molecular complexity index is 3280. The summed E-state index contributed by atoms with van der Waals surface area (Å²) in [5.74, 6) is 0. The van der Waals surface area contributed by atoms with Gasteiger partial charge in [-0.15, -0.1) is 0 Å². The lowest BCUT2D eigenvalue weighted by molar-refractivity contribution is 1.18. The summed E-state index contributed by atoms with van der Waals surface area (Å²) < 4.78 is 2.39. The molecule has 60 heavy (non-hydrogen) atoms. The van der Waals surface area contributed by atoms with Gasteiger partial charge >= 0.3 is 0 Å². The number of anilines is 3. The lowest BCUT2D eigenvalue weighted by Gasteiger charge is -2.28. The average Bonchev–Trinajstić information content (AvgIpc) is 3.67. The summed E-state index contributed by atoms with van der Waals surface area (Å²) in [6, 6.07) is 87.8. The van der Waals surface area contributed by atoms with Crippen LogP contribution in [0, 0.1) is 0 Å². The molecule has 1 heterocycles. The molecular weight excluding hydrogens is 725 g/mol. The van der Waals surface area contributed by atoms with Crippen LogP contribution in [0.3, 0.4) is 0 Å². The van der Waals surface area contributed by atoms with E-state index in [0.717, 1.165) is 28.3 Å². The molecule has 0 saturated carbocycles. The van der Waals surface area contributed by atoms with Crippen LogP contribution in [0.2, 0.25) is 0 Å². The molecule has 0 spiro atoms. The molecule has 282 valence electrons. The Labute approximate surface area is 350 Å². The van der Waals surface area contributed by atoms with E-state index in [0.29, 0.717) is 0 Å². The van der Waals surface area contributed by atoms with Gasteiger partial charge in [-0.25, -0.2) is 0 Å². The van der Waals surface area contributed by atoms with E-state index in [-0.39, 0.29) is 0 Å². The van der Waals surface area contributed by atoms with Crippen molar-refractivity contribution in [1.29, 1.82) is 0 Å². The predicted molar refractivity (Wildman–Crippen MR) is 255 cm³/mol. The third-order valence-electron chi connectivity index (χ3n) is 11.8. The van der Waals surface area contributed by atoms with Crippen molar-refractivity contribution in [2.24, 2.45) is 0 Å². The molecule has 1 aromatic heterocycles. The average molecular weight is 765 g/mol. The molecule has 2 nitrogen and oxygen atoms in total. The van der Waals surface area contributed by atoms with Gasteiger partial charge in [0.05, 0.1) is 16.7 Å². The first-order valence-electron chi connectivity index (χ1n) is 20.6. The maximum absolute atomic E-state index is 2.42. The van der Waals surface area contributed by atoms with Gasteiger partial charge in [0.15, 0.2) is 0 Å². The monoisotopic (exact) mass is 764 g/mol. The maximum atomic E-state index is 2.42. The maximum Gasteiger partial charge on any atom is 0.0547 e. The fourth-order valence-electron chi connectivity index (χ4n) is 9.00. The molecule has 0 unspecified atom stereocenters. The van der Waals surface area contributed by atoms with E-state index in [9.17, 15) is 0 Å². The third-order valence-corrected chi connectivity index (χ3v) is 11.8. The molecule has 0 fully saturated rings. The Morgan fingerprint density at radius 2 is 0.833 bits per heavy atom. The number of nitrogens with zero attached hydrogens (tertiary/aromatic N) is 2. The number of para-hydroxylation sites is 3. The second-order valence-corrected chi connectivity index (χ2v) is 15.3. The zero-order chi connectivity index (χ0) is 39.8. The van der Waals surface area contributed by atoms with Crippen molar-refractivity contribution >= 4 is 49.6 Å². The Hall–Kier alpha value is -7.94. The highest BCUT2D eigenvalue weighted by atomic mass is 15.1. The first-order valence-corrected chi connectivity index (χ1v) is 20.6. The zero-order valence-electron chi connectivity index (χ0n) is 33.0. The molecule has 11 rings (SSSR count). The molecule has 0 aliphatic rings. The highest BCUT2D eigenvalue weighted by Gasteiger charge is 2.22. The summed E-state index contributed by atoms with van der Waals surface area (Å²) in [5, 5.41) is 5.00. The smallest absolute Gasteiger partial charge is 0.0547 e. The Kier molecular flexibility index (Phi) is 8.87. The van der Waals surface area contributed by atoms with Crippen LogP contribution in [0.4, 0.5) is 17.1 Å². The summed E-state index contributed by atoms with van der Waals surface area (Å²) >= 11 is 0. The number of benzene rings is 10. The van der Waals surface area contributed by atoms with Gasteiger partial charge in [0.1, 0.15) is 0 Å². The number of hydrogen-bond donors (Lipinski definition) is 0. The molecule has 0 amide bonds. The number of hydrogen-bond acceptors (Lipinski definition) is 1. The van der Waals surface area contributed by atoms with Crippen molar-refractivity contribution < 1.29 is 0 Å². The highest BCUT2D eigenvalue weighted by Crippen LogP contribution is 2.46. The van der Waals surface area contributed by atoms with Gasteiger partial charge in [0, 0.05) is 33.4 Å². The normalized spacial score (nSPS) is 11.3. The molecule has 0 N–H and O–H groups in total. The second-order valence-electron chi connectivity index (χ2n) is 15.3. The van der Waals surface area contributed by atoms with Gasteiger partial charge in [-0.1, -0.05) is 188 Å². The minimum absolute atomic E-state index is 1.09. The van der Waals surface area contributed by atoms with Crippen molar-refractivity contribution in [1.82, 2.24) is 4.57 Å². The van der Waals surface area contributed by atoms with Crippen molar-refractivity contribution in [3.8, 4) is 50.2 Å². The molecule has 11 aromatic rings. The van der Waals surface area contributed by atoms with E-state index < -0.39 is 0 Å². The molecule has 0 bridgehead atoms. The minimum Gasteiger partial charge on any atom is -0.310 e. The van der Waals surface area contributed by atoms with E-state index in [4.69, 9.17) is 0 Å². The van der Waals surface area contributed by atoms with Gasteiger partial charge < -0.3 is 9.47 Å². The largest absolute Gasteiger partial charge is 0.310 e. The van der Waals surface area contributed by atoms with Crippen LogP contribution in [0.1, 0.15) is 0 Å². The first kappa shape index (κ1) is 35.2. The molecule has 0 radical (unpaired) electrons. The topological polar surface area (TPSA) is 8.17 Å². The van der Waals surface area contributed by atoms with Gasteiger partial charge in [0.2, 0.25) is 0 Å². The van der Waals surface area contributed by atoms with Crippen molar-refractivity contribution in [2.75, 3.05) is 4.90 Å². The van der Waals surface area contributed by atoms with Crippen LogP contribution in [-0.2, 0) is 0 Å². The second kappa shape index (κ2) is 15.1. The lowest BCUT2D eigenvalue weighted by Crippen LogP contribution is -2.11. The van der Waals surface area contributed by atoms with Crippen molar-refractivity contribution in [2.45, 2.75) is 0 Å².